The van der Waals surface area contributed by atoms with Crippen LogP contribution in [0.4, 0.5) is 4.79 Å². The van der Waals surface area contributed by atoms with Gasteiger partial charge in [-0.15, -0.1) is 10.2 Å². The lowest BCUT2D eigenvalue weighted by Crippen LogP contribution is -2.36. The molecule has 0 aliphatic rings. The van der Waals surface area contributed by atoms with Crippen LogP contribution in [-0.4, -0.2) is 44.3 Å². The van der Waals surface area contributed by atoms with Crippen molar-refractivity contribution in [3.8, 4) is 0 Å². The summed E-state index contributed by atoms with van der Waals surface area (Å²) in [5.74, 6) is -0.128. The number of aromatic nitrogens is 4. The van der Waals surface area contributed by atoms with Gasteiger partial charge in [0.15, 0.2) is 5.82 Å². The first-order valence-electron chi connectivity index (χ1n) is 6.03. The van der Waals surface area contributed by atoms with Gasteiger partial charge in [0.2, 0.25) is 0 Å². The molecule has 106 valence electrons. The van der Waals surface area contributed by atoms with Crippen LogP contribution in [0.2, 0.25) is 0 Å². The number of rotatable bonds is 8. The van der Waals surface area contributed by atoms with Crippen LogP contribution in [0, 0.1) is 5.92 Å². The Hall–Kier alpha value is -2.19. The lowest BCUT2D eigenvalue weighted by Gasteiger charge is -2.10. The van der Waals surface area contributed by atoms with Crippen molar-refractivity contribution in [1.29, 1.82) is 0 Å². The molecule has 9 heteroatoms. The van der Waals surface area contributed by atoms with Crippen molar-refractivity contribution < 1.29 is 14.7 Å². The fourth-order valence-corrected chi connectivity index (χ4v) is 1.43. The number of aliphatic carboxylic acids is 1. The van der Waals surface area contributed by atoms with Gasteiger partial charge >= 0.3 is 12.0 Å². The van der Waals surface area contributed by atoms with E-state index in [1.54, 1.807) is 0 Å². The third-order valence-electron chi connectivity index (χ3n) is 2.57. The third-order valence-corrected chi connectivity index (χ3v) is 2.57. The van der Waals surface area contributed by atoms with Gasteiger partial charge in [-0.3, -0.25) is 4.79 Å². The van der Waals surface area contributed by atoms with Crippen LogP contribution in [0.5, 0.6) is 0 Å². The van der Waals surface area contributed by atoms with Crippen molar-refractivity contribution in [1.82, 2.24) is 31.3 Å². The highest BCUT2D eigenvalue weighted by atomic mass is 16.4. The van der Waals surface area contributed by atoms with E-state index >= 15 is 0 Å². The Morgan fingerprint density at radius 3 is 2.79 bits per heavy atom. The first-order chi connectivity index (χ1) is 9.08. The number of carboxylic acid groups (broad SMARTS) is 1. The number of hydrogen-bond donors (Lipinski definition) is 4. The van der Waals surface area contributed by atoms with E-state index in [4.69, 9.17) is 5.11 Å². The van der Waals surface area contributed by atoms with Crippen molar-refractivity contribution in [2.24, 2.45) is 5.92 Å². The van der Waals surface area contributed by atoms with E-state index in [0.717, 1.165) is 6.42 Å². The Kier molecular flexibility index (Phi) is 6.27. The van der Waals surface area contributed by atoms with Crippen molar-refractivity contribution in [3.05, 3.63) is 5.82 Å². The van der Waals surface area contributed by atoms with Crippen LogP contribution >= 0.6 is 0 Å². The highest BCUT2D eigenvalue weighted by molar-refractivity contribution is 5.73. The third kappa shape index (κ3) is 6.96. The van der Waals surface area contributed by atoms with Crippen LogP contribution in [0.3, 0.4) is 0 Å². The summed E-state index contributed by atoms with van der Waals surface area (Å²) in [6, 6.07) is -0.310. The van der Waals surface area contributed by atoms with Crippen molar-refractivity contribution in [2.75, 3.05) is 6.54 Å². The zero-order valence-electron chi connectivity index (χ0n) is 10.7. The predicted octanol–water partition coefficient (Wildman–Crippen LogP) is -0.110. The smallest absolute Gasteiger partial charge is 0.315 e. The van der Waals surface area contributed by atoms with Crippen LogP contribution in [0.25, 0.3) is 0 Å². The molecule has 0 fully saturated rings. The molecule has 0 saturated carbocycles. The minimum Gasteiger partial charge on any atom is -0.481 e. The van der Waals surface area contributed by atoms with E-state index in [9.17, 15) is 9.59 Å². The molecule has 0 aliphatic carbocycles. The lowest BCUT2D eigenvalue weighted by atomic mass is 10.0. The number of H-pyrrole nitrogens is 1. The number of aromatic amines is 1. The van der Waals surface area contributed by atoms with E-state index in [0.29, 0.717) is 18.8 Å². The number of hydrogen-bond acceptors (Lipinski definition) is 5. The molecule has 0 saturated heterocycles. The van der Waals surface area contributed by atoms with E-state index < -0.39 is 5.97 Å². The van der Waals surface area contributed by atoms with Gasteiger partial charge in [0, 0.05) is 13.0 Å². The van der Waals surface area contributed by atoms with Gasteiger partial charge in [-0.25, -0.2) is 4.79 Å². The molecule has 2 amide bonds. The van der Waals surface area contributed by atoms with Gasteiger partial charge < -0.3 is 15.7 Å². The topological polar surface area (TPSA) is 133 Å². The number of nitrogens with zero attached hydrogens (tertiary/aromatic N) is 3. The number of carbonyl (C=O) groups is 2. The second-order valence-electron chi connectivity index (χ2n) is 4.26. The Balaban J connectivity index is 2.05. The summed E-state index contributed by atoms with van der Waals surface area (Å²) < 4.78 is 0. The molecule has 9 nitrogen and oxygen atoms in total. The molecule has 1 unspecified atom stereocenters. The molecule has 4 N–H and O–H groups in total. The van der Waals surface area contributed by atoms with E-state index in [2.05, 4.69) is 31.3 Å². The second kappa shape index (κ2) is 8.01. The summed E-state index contributed by atoms with van der Waals surface area (Å²) in [7, 11) is 0. The molecular formula is C10H18N6O3. The van der Waals surface area contributed by atoms with Gasteiger partial charge in [0.25, 0.3) is 0 Å². The second-order valence-corrected chi connectivity index (χ2v) is 4.26. The number of carbonyl (C=O) groups excluding carboxylic acids is 1. The van der Waals surface area contributed by atoms with Crippen molar-refractivity contribution in [3.63, 3.8) is 0 Å². The molecule has 0 aliphatic heterocycles. The van der Waals surface area contributed by atoms with Crippen LogP contribution in [-0.2, 0) is 11.3 Å². The Labute approximate surface area is 110 Å². The molecule has 1 aromatic rings. The van der Waals surface area contributed by atoms with Crippen LogP contribution in [0.15, 0.2) is 0 Å². The maximum Gasteiger partial charge on any atom is 0.315 e. The standard InChI is InChI=1S/C10H18N6O3/c1-7(2-3-9(17)18)4-5-11-10(19)12-6-8-13-15-16-14-8/h7H,2-6H2,1H3,(H,17,18)(H2,11,12,19)(H,13,14,15,16). The largest absolute Gasteiger partial charge is 0.481 e. The summed E-state index contributed by atoms with van der Waals surface area (Å²) in [5, 5.41) is 26.8. The summed E-state index contributed by atoms with van der Waals surface area (Å²) in [6.45, 7) is 2.66. The number of amides is 2. The molecule has 0 spiro atoms. The normalized spacial score (nSPS) is 11.8. The molecule has 1 atom stereocenters. The van der Waals surface area contributed by atoms with Gasteiger partial charge in [-0.1, -0.05) is 12.1 Å². The minimum absolute atomic E-state index is 0.158. The van der Waals surface area contributed by atoms with Gasteiger partial charge in [0.1, 0.15) is 0 Å². The average molecular weight is 270 g/mol. The minimum atomic E-state index is -0.794. The summed E-state index contributed by atoms with van der Waals surface area (Å²) >= 11 is 0. The lowest BCUT2D eigenvalue weighted by molar-refractivity contribution is -0.137. The molecule has 1 aromatic heterocycles. The average Bonchev–Trinajstić information content (AvgIpc) is 2.87. The molecular weight excluding hydrogens is 252 g/mol. The highest BCUT2D eigenvalue weighted by Gasteiger charge is 2.07. The van der Waals surface area contributed by atoms with Gasteiger partial charge in [0.05, 0.1) is 6.54 Å². The molecule has 1 rings (SSSR count). The van der Waals surface area contributed by atoms with Crippen LogP contribution < -0.4 is 10.6 Å². The summed E-state index contributed by atoms with van der Waals surface area (Å²) in [4.78, 5) is 21.8. The summed E-state index contributed by atoms with van der Waals surface area (Å²) in [5.41, 5.74) is 0. The quantitative estimate of drug-likeness (QED) is 0.521. The Morgan fingerprint density at radius 2 is 2.16 bits per heavy atom. The van der Waals surface area contributed by atoms with Gasteiger partial charge in [-0.2, -0.15) is 5.21 Å². The van der Waals surface area contributed by atoms with Gasteiger partial charge in [-0.05, 0) is 18.8 Å². The number of tetrazole rings is 1. The molecule has 0 aromatic carbocycles. The first-order valence-corrected chi connectivity index (χ1v) is 6.03. The SMILES string of the molecule is CC(CCNC(=O)NCc1nn[nH]n1)CCC(=O)O. The Morgan fingerprint density at radius 1 is 1.37 bits per heavy atom. The first kappa shape index (κ1) is 14.9. The maximum absolute atomic E-state index is 11.4. The molecule has 0 bridgehead atoms. The maximum atomic E-state index is 11.4. The van der Waals surface area contributed by atoms with Crippen molar-refractivity contribution >= 4 is 12.0 Å². The fraction of sp³-hybridized carbons (Fsp3) is 0.700. The van der Waals surface area contributed by atoms with E-state index in [-0.39, 0.29) is 24.9 Å². The predicted molar refractivity (Wildman–Crippen MR) is 65.1 cm³/mol. The van der Waals surface area contributed by atoms with E-state index in [1.807, 2.05) is 6.92 Å². The fourth-order valence-electron chi connectivity index (χ4n) is 1.43. The van der Waals surface area contributed by atoms with Crippen LogP contribution in [0.1, 0.15) is 32.0 Å². The highest BCUT2D eigenvalue weighted by Crippen LogP contribution is 2.08. The summed E-state index contributed by atoms with van der Waals surface area (Å²) in [6.07, 6.45) is 1.51. The zero-order valence-corrected chi connectivity index (χ0v) is 10.7. The molecule has 0 radical (unpaired) electrons. The number of urea groups is 1. The number of nitrogens with one attached hydrogen (secondary N) is 3. The Bertz CT molecular complexity index is 394. The molecule has 1 heterocycles. The monoisotopic (exact) mass is 270 g/mol. The number of carboxylic acids is 1. The van der Waals surface area contributed by atoms with Crippen molar-refractivity contribution in [2.45, 2.75) is 32.7 Å². The molecule has 19 heavy (non-hydrogen) atoms. The zero-order chi connectivity index (χ0) is 14.1. The van der Waals surface area contributed by atoms with E-state index in [1.165, 1.54) is 0 Å².